The molecule has 1 fully saturated rings. The number of rotatable bonds is 1. The monoisotopic (exact) mass is 236 g/mol. The fourth-order valence-electron chi connectivity index (χ4n) is 1.47. The highest BCUT2D eigenvalue weighted by Gasteiger charge is 2.47. The number of halogens is 4. The molecule has 0 saturated carbocycles. The van der Waals surface area contributed by atoms with E-state index in [9.17, 15) is 13.2 Å². The first-order valence-corrected chi connectivity index (χ1v) is 4.78. The third-order valence-electron chi connectivity index (χ3n) is 2.38. The summed E-state index contributed by atoms with van der Waals surface area (Å²) in [4.78, 5) is 5.47. The third-order valence-corrected chi connectivity index (χ3v) is 2.68. The van der Waals surface area contributed by atoms with Gasteiger partial charge in [0.15, 0.2) is 0 Å². The van der Waals surface area contributed by atoms with Gasteiger partial charge in [-0.25, -0.2) is 4.98 Å². The highest BCUT2D eigenvalue weighted by Crippen LogP contribution is 2.37. The van der Waals surface area contributed by atoms with Gasteiger partial charge in [-0.3, -0.25) is 0 Å². The molecule has 0 N–H and O–H groups in total. The van der Waals surface area contributed by atoms with Gasteiger partial charge >= 0.3 is 6.18 Å². The van der Waals surface area contributed by atoms with Gasteiger partial charge in [0.1, 0.15) is 5.82 Å². The molecule has 1 aromatic heterocycles. The van der Waals surface area contributed by atoms with Crippen LogP contribution in [0.3, 0.4) is 0 Å². The first kappa shape index (κ1) is 10.5. The van der Waals surface area contributed by atoms with Crippen molar-refractivity contribution in [2.24, 2.45) is 5.92 Å². The Morgan fingerprint density at radius 3 is 2.60 bits per heavy atom. The average Bonchev–Trinajstić information content (AvgIpc) is 2.03. The second-order valence-electron chi connectivity index (χ2n) is 3.45. The standard InChI is InChI=1S/C9H8ClF3N2/c10-7-2-1-3-14-8(7)15-4-6(5-15)9(11,12)13/h1-3,6H,4-5H2. The Hall–Kier alpha value is -0.970. The van der Waals surface area contributed by atoms with Crippen LogP contribution >= 0.6 is 11.6 Å². The van der Waals surface area contributed by atoms with Crippen molar-refractivity contribution in [1.29, 1.82) is 0 Å². The van der Waals surface area contributed by atoms with E-state index in [0.717, 1.165) is 0 Å². The minimum Gasteiger partial charge on any atom is -0.354 e. The van der Waals surface area contributed by atoms with Gasteiger partial charge in [0.2, 0.25) is 0 Å². The zero-order chi connectivity index (χ0) is 11.1. The Kier molecular flexibility index (Phi) is 2.50. The fraction of sp³-hybridized carbons (Fsp3) is 0.444. The summed E-state index contributed by atoms with van der Waals surface area (Å²) in [6.45, 7) is -0.111. The van der Waals surface area contributed by atoms with Gasteiger partial charge in [0, 0.05) is 19.3 Å². The van der Waals surface area contributed by atoms with Crippen LogP contribution in [0.5, 0.6) is 0 Å². The van der Waals surface area contributed by atoms with E-state index in [0.29, 0.717) is 10.8 Å². The van der Waals surface area contributed by atoms with E-state index in [-0.39, 0.29) is 13.1 Å². The van der Waals surface area contributed by atoms with Crippen molar-refractivity contribution >= 4 is 17.4 Å². The molecular formula is C9H8ClF3N2. The molecule has 2 heterocycles. The first-order valence-electron chi connectivity index (χ1n) is 4.40. The molecule has 1 aliphatic rings. The lowest BCUT2D eigenvalue weighted by Crippen LogP contribution is -2.53. The quantitative estimate of drug-likeness (QED) is 0.745. The molecule has 0 aromatic carbocycles. The zero-order valence-corrected chi connectivity index (χ0v) is 8.39. The second-order valence-corrected chi connectivity index (χ2v) is 3.86. The molecule has 0 atom stereocenters. The van der Waals surface area contributed by atoms with Crippen LogP contribution in [0.25, 0.3) is 0 Å². The molecule has 1 aromatic rings. The normalized spacial score (nSPS) is 17.7. The van der Waals surface area contributed by atoms with Gasteiger partial charge in [-0.15, -0.1) is 0 Å². The first-order chi connectivity index (χ1) is 6.98. The number of pyridine rings is 1. The van der Waals surface area contributed by atoms with Crippen molar-refractivity contribution in [3.63, 3.8) is 0 Å². The maximum atomic E-state index is 12.2. The van der Waals surface area contributed by atoms with E-state index in [1.165, 1.54) is 11.1 Å². The number of hydrogen-bond donors (Lipinski definition) is 0. The summed E-state index contributed by atoms with van der Waals surface area (Å²) >= 11 is 5.81. The van der Waals surface area contributed by atoms with Gasteiger partial charge in [-0.05, 0) is 12.1 Å². The SMILES string of the molecule is FC(F)(F)C1CN(c2ncccc2Cl)C1. The molecule has 0 amide bonds. The summed E-state index contributed by atoms with van der Waals surface area (Å²) in [5.74, 6) is -0.824. The Balaban J connectivity index is 2.04. The van der Waals surface area contributed by atoms with Crippen LogP contribution in [0.15, 0.2) is 18.3 Å². The molecule has 2 rings (SSSR count). The molecule has 0 bridgehead atoms. The minimum absolute atomic E-state index is 0.0553. The molecule has 1 aliphatic heterocycles. The van der Waals surface area contributed by atoms with Crippen LogP contribution in [0.2, 0.25) is 5.02 Å². The van der Waals surface area contributed by atoms with Crippen molar-refractivity contribution in [3.8, 4) is 0 Å². The van der Waals surface area contributed by atoms with E-state index in [1.807, 2.05) is 0 Å². The third kappa shape index (κ3) is 2.02. The van der Waals surface area contributed by atoms with Crippen LogP contribution in [0.1, 0.15) is 0 Å². The Morgan fingerprint density at radius 2 is 2.07 bits per heavy atom. The number of nitrogens with zero attached hydrogens (tertiary/aromatic N) is 2. The molecule has 0 spiro atoms. The molecular weight excluding hydrogens is 229 g/mol. The maximum absolute atomic E-state index is 12.2. The van der Waals surface area contributed by atoms with Crippen molar-refractivity contribution in [1.82, 2.24) is 4.98 Å². The van der Waals surface area contributed by atoms with Crippen LogP contribution in [-0.4, -0.2) is 24.2 Å². The van der Waals surface area contributed by atoms with Crippen LogP contribution in [0.4, 0.5) is 19.0 Å². The average molecular weight is 237 g/mol. The number of alkyl halides is 3. The number of aromatic nitrogens is 1. The van der Waals surface area contributed by atoms with Crippen molar-refractivity contribution in [2.45, 2.75) is 6.18 Å². The van der Waals surface area contributed by atoms with Crippen molar-refractivity contribution in [2.75, 3.05) is 18.0 Å². The van der Waals surface area contributed by atoms with E-state index in [2.05, 4.69) is 4.98 Å². The topological polar surface area (TPSA) is 16.1 Å². The minimum atomic E-state index is -4.11. The van der Waals surface area contributed by atoms with Crippen LogP contribution in [0, 0.1) is 5.92 Å². The summed E-state index contributed by atoms with van der Waals surface area (Å²) in [5.41, 5.74) is 0. The summed E-state index contributed by atoms with van der Waals surface area (Å²) < 4.78 is 36.6. The van der Waals surface area contributed by atoms with Gasteiger partial charge in [-0.2, -0.15) is 13.2 Å². The molecule has 6 heteroatoms. The van der Waals surface area contributed by atoms with E-state index < -0.39 is 12.1 Å². The second kappa shape index (κ2) is 3.56. The molecule has 15 heavy (non-hydrogen) atoms. The predicted octanol–water partition coefficient (Wildman–Crippen LogP) is 2.73. The predicted molar refractivity (Wildman–Crippen MR) is 51.0 cm³/mol. The molecule has 0 radical (unpaired) electrons. The molecule has 82 valence electrons. The Labute approximate surface area is 89.7 Å². The summed E-state index contributed by atoms with van der Waals surface area (Å²) in [5, 5.41) is 0.387. The number of hydrogen-bond acceptors (Lipinski definition) is 2. The summed E-state index contributed by atoms with van der Waals surface area (Å²) in [6, 6.07) is 3.26. The van der Waals surface area contributed by atoms with E-state index >= 15 is 0 Å². The van der Waals surface area contributed by atoms with Crippen LogP contribution in [-0.2, 0) is 0 Å². The highest BCUT2D eigenvalue weighted by molar-refractivity contribution is 6.32. The summed E-state index contributed by atoms with van der Waals surface area (Å²) in [7, 11) is 0. The van der Waals surface area contributed by atoms with E-state index in [4.69, 9.17) is 11.6 Å². The fourth-order valence-corrected chi connectivity index (χ4v) is 1.71. The lowest BCUT2D eigenvalue weighted by Gasteiger charge is -2.41. The van der Waals surface area contributed by atoms with Crippen molar-refractivity contribution < 1.29 is 13.2 Å². The van der Waals surface area contributed by atoms with Gasteiger partial charge in [-0.1, -0.05) is 11.6 Å². The van der Waals surface area contributed by atoms with Gasteiger partial charge in [0.05, 0.1) is 10.9 Å². The smallest absolute Gasteiger partial charge is 0.354 e. The highest BCUT2D eigenvalue weighted by atomic mass is 35.5. The summed E-state index contributed by atoms with van der Waals surface area (Å²) in [6.07, 6.45) is -2.60. The van der Waals surface area contributed by atoms with Crippen molar-refractivity contribution in [3.05, 3.63) is 23.4 Å². The Bertz CT molecular complexity index is 361. The Morgan fingerprint density at radius 1 is 1.40 bits per heavy atom. The largest absolute Gasteiger partial charge is 0.395 e. The van der Waals surface area contributed by atoms with Crippen LogP contribution < -0.4 is 4.90 Å². The zero-order valence-electron chi connectivity index (χ0n) is 7.63. The number of anilines is 1. The van der Waals surface area contributed by atoms with Gasteiger partial charge in [0.25, 0.3) is 0 Å². The van der Waals surface area contributed by atoms with Gasteiger partial charge < -0.3 is 4.90 Å². The lowest BCUT2D eigenvalue weighted by atomic mass is 10.00. The maximum Gasteiger partial charge on any atom is 0.395 e. The molecule has 2 nitrogen and oxygen atoms in total. The molecule has 1 saturated heterocycles. The molecule has 0 aliphatic carbocycles. The lowest BCUT2D eigenvalue weighted by molar-refractivity contribution is -0.180. The molecule has 0 unspecified atom stereocenters. The van der Waals surface area contributed by atoms with E-state index in [1.54, 1.807) is 12.1 Å².